The highest BCUT2D eigenvalue weighted by molar-refractivity contribution is 5.19. The number of hydrogen-bond donors (Lipinski definition) is 1. The Kier molecular flexibility index (Phi) is 5.65. The Bertz CT molecular complexity index is 421. The predicted molar refractivity (Wildman–Crippen MR) is 76.0 cm³/mol. The second-order valence-corrected chi connectivity index (χ2v) is 5.56. The Morgan fingerprint density at radius 1 is 1.29 bits per heavy atom. The van der Waals surface area contributed by atoms with E-state index in [-0.39, 0.29) is 6.10 Å². The Morgan fingerprint density at radius 2 is 2.00 bits per heavy atom. The highest BCUT2D eigenvalue weighted by Crippen LogP contribution is 2.30. The van der Waals surface area contributed by atoms with Gasteiger partial charge < -0.3 is 10.1 Å². The van der Waals surface area contributed by atoms with Gasteiger partial charge in [-0.1, -0.05) is 37.3 Å². The van der Waals surface area contributed by atoms with Crippen LogP contribution in [0.15, 0.2) is 30.3 Å². The van der Waals surface area contributed by atoms with Gasteiger partial charge in [0.2, 0.25) is 0 Å². The van der Waals surface area contributed by atoms with Crippen LogP contribution in [0.5, 0.6) is 0 Å². The van der Waals surface area contributed by atoms with Crippen molar-refractivity contribution in [1.82, 2.24) is 5.32 Å². The Morgan fingerprint density at radius 3 is 2.62 bits per heavy atom. The minimum absolute atomic E-state index is 0.166. The fourth-order valence-corrected chi connectivity index (χ4v) is 2.90. The highest BCUT2D eigenvalue weighted by atomic mass is 19.4. The van der Waals surface area contributed by atoms with Gasteiger partial charge >= 0.3 is 6.18 Å². The number of alkyl halides is 3. The first-order chi connectivity index (χ1) is 9.99. The standard InChI is InChI=1S/C16H22F3NO/c1-2-15-13(8-9-21-15)11-20-14(10-16(17,18)19)12-6-4-3-5-7-12/h3-7,13-15,20H,2,8-11H2,1H3. The van der Waals surface area contributed by atoms with Crippen LogP contribution in [0.4, 0.5) is 13.2 Å². The summed E-state index contributed by atoms with van der Waals surface area (Å²) < 4.78 is 43.9. The first-order valence-electron chi connectivity index (χ1n) is 7.46. The average molecular weight is 301 g/mol. The molecule has 2 rings (SSSR count). The molecule has 1 aliphatic rings. The van der Waals surface area contributed by atoms with E-state index in [1.165, 1.54) is 0 Å². The molecule has 5 heteroatoms. The van der Waals surface area contributed by atoms with Crippen LogP contribution in [0.2, 0.25) is 0 Å². The molecule has 21 heavy (non-hydrogen) atoms. The van der Waals surface area contributed by atoms with Crippen LogP contribution in [0.3, 0.4) is 0 Å². The van der Waals surface area contributed by atoms with Crippen molar-refractivity contribution in [2.45, 2.75) is 44.5 Å². The number of halogens is 3. The van der Waals surface area contributed by atoms with E-state index >= 15 is 0 Å². The smallest absolute Gasteiger partial charge is 0.378 e. The summed E-state index contributed by atoms with van der Waals surface area (Å²) in [5.41, 5.74) is 0.682. The monoisotopic (exact) mass is 301 g/mol. The van der Waals surface area contributed by atoms with Crippen molar-refractivity contribution < 1.29 is 17.9 Å². The van der Waals surface area contributed by atoms with Crippen LogP contribution in [0.25, 0.3) is 0 Å². The SMILES string of the molecule is CCC1OCCC1CNC(CC(F)(F)F)c1ccccc1. The molecule has 2 nitrogen and oxygen atoms in total. The molecule has 1 saturated heterocycles. The molecule has 0 aromatic heterocycles. The summed E-state index contributed by atoms with van der Waals surface area (Å²) in [5, 5.41) is 3.10. The zero-order valence-electron chi connectivity index (χ0n) is 12.2. The molecule has 118 valence electrons. The molecule has 1 aromatic rings. The van der Waals surface area contributed by atoms with Crippen LogP contribution in [-0.4, -0.2) is 25.4 Å². The van der Waals surface area contributed by atoms with E-state index < -0.39 is 18.6 Å². The van der Waals surface area contributed by atoms with Crippen LogP contribution in [0.1, 0.15) is 37.8 Å². The van der Waals surface area contributed by atoms with Crippen molar-refractivity contribution in [3.8, 4) is 0 Å². The molecule has 1 heterocycles. The number of hydrogen-bond acceptors (Lipinski definition) is 2. The van der Waals surface area contributed by atoms with Crippen molar-refractivity contribution in [1.29, 1.82) is 0 Å². The molecule has 1 aliphatic heterocycles. The molecule has 1 aromatic carbocycles. The Labute approximate surface area is 123 Å². The summed E-state index contributed by atoms with van der Waals surface area (Å²) in [7, 11) is 0. The molecule has 1 N–H and O–H groups in total. The molecule has 0 bridgehead atoms. The number of benzene rings is 1. The van der Waals surface area contributed by atoms with Crippen molar-refractivity contribution in [2.24, 2.45) is 5.92 Å². The normalized spacial score (nSPS) is 24.2. The van der Waals surface area contributed by atoms with Gasteiger partial charge in [-0.05, 0) is 24.3 Å². The fourth-order valence-electron chi connectivity index (χ4n) is 2.90. The van der Waals surface area contributed by atoms with Gasteiger partial charge in [0, 0.05) is 19.2 Å². The van der Waals surface area contributed by atoms with Crippen molar-refractivity contribution >= 4 is 0 Å². The van der Waals surface area contributed by atoms with E-state index in [1.54, 1.807) is 24.3 Å². The molecule has 0 amide bonds. The Hall–Kier alpha value is -1.07. The van der Waals surface area contributed by atoms with E-state index in [1.807, 2.05) is 13.0 Å². The lowest BCUT2D eigenvalue weighted by Gasteiger charge is -2.24. The van der Waals surface area contributed by atoms with Crippen molar-refractivity contribution in [2.75, 3.05) is 13.2 Å². The van der Waals surface area contributed by atoms with E-state index in [2.05, 4.69) is 5.32 Å². The summed E-state index contributed by atoms with van der Waals surface area (Å²) >= 11 is 0. The van der Waals surface area contributed by atoms with Crippen LogP contribution in [0, 0.1) is 5.92 Å². The van der Waals surface area contributed by atoms with E-state index in [9.17, 15) is 13.2 Å². The summed E-state index contributed by atoms with van der Waals surface area (Å²) in [4.78, 5) is 0. The van der Waals surface area contributed by atoms with Gasteiger partial charge in [0.05, 0.1) is 12.5 Å². The van der Waals surface area contributed by atoms with Crippen LogP contribution < -0.4 is 5.32 Å². The van der Waals surface area contributed by atoms with E-state index in [4.69, 9.17) is 4.74 Å². The topological polar surface area (TPSA) is 21.3 Å². The molecule has 3 unspecified atom stereocenters. The molecule has 1 fully saturated rings. The first kappa shape index (κ1) is 16.3. The van der Waals surface area contributed by atoms with E-state index in [0.717, 1.165) is 12.8 Å². The van der Waals surface area contributed by atoms with Gasteiger partial charge in [0.15, 0.2) is 0 Å². The molecular formula is C16H22F3NO. The number of nitrogens with one attached hydrogen (secondary N) is 1. The van der Waals surface area contributed by atoms with Gasteiger partial charge in [-0.25, -0.2) is 0 Å². The van der Waals surface area contributed by atoms with Gasteiger partial charge in [-0.15, -0.1) is 0 Å². The number of ether oxygens (including phenoxy) is 1. The van der Waals surface area contributed by atoms with Gasteiger partial charge in [-0.2, -0.15) is 13.2 Å². The molecule has 3 atom stereocenters. The predicted octanol–water partition coefficient (Wildman–Crippen LogP) is 4.08. The maximum absolute atomic E-state index is 12.8. The fraction of sp³-hybridized carbons (Fsp3) is 0.625. The lowest BCUT2D eigenvalue weighted by Crippen LogP contribution is -2.33. The largest absolute Gasteiger partial charge is 0.390 e. The molecule has 0 spiro atoms. The van der Waals surface area contributed by atoms with Gasteiger partial charge in [0.25, 0.3) is 0 Å². The Balaban J connectivity index is 1.99. The quantitative estimate of drug-likeness (QED) is 0.854. The highest BCUT2D eigenvalue weighted by Gasteiger charge is 2.34. The first-order valence-corrected chi connectivity index (χ1v) is 7.46. The summed E-state index contributed by atoms with van der Waals surface area (Å²) in [6.07, 6.45) is -3.04. The van der Waals surface area contributed by atoms with Crippen LogP contribution in [-0.2, 0) is 4.74 Å². The second-order valence-electron chi connectivity index (χ2n) is 5.56. The third kappa shape index (κ3) is 5.00. The van der Waals surface area contributed by atoms with Crippen molar-refractivity contribution in [3.05, 3.63) is 35.9 Å². The zero-order valence-corrected chi connectivity index (χ0v) is 12.2. The molecule has 0 saturated carbocycles. The number of rotatable bonds is 6. The minimum atomic E-state index is -4.18. The average Bonchev–Trinajstić information content (AvgIpc) is 2.90. The van der Waals surface area contributed by atoms with Crippen molar-refractivity contribution in [3.63, 3.8) is 0 Å². The van der Waals surface area contributed by atoms with Gasteiger partial charge in [-0.3, -0.25) is 0 Å². The summed E-state index contributed by atoms with van der Waals surface area (Å²) in [6.45, 7) is 3.32. The lowest BCUT2D eigenvalue weighted by molar-refractivity contribution is -0.140. The maximum atomic E-state index is 12.8. The summed E-state index contributed by atoms with van der Waals surface area (Å²) in [6, 6.07) is 8.15. The summed E-state index contributed by atoms with van der Waals surface area (Å²) in [5.74, 6) is 0.300. The minimum Gasteiger partial charge on any atom is -0.378 e. The molecule has 0 radical (unpaired) electrons. The third-order valence-electron chi connectivity index (χ3n) is 4.01. The third-order valence-corrected chi connectivity index (χ3v) is 4.01. The lowest BCUT2D eigenvalue weighted by atomic mass is 9.97. The second kappa shape index (κ2) is 7.27. The molecular weight excluding hydrogens is 279 g/mol. The van der Waals surface area contributed by atoms with Crippen LogP contribution >= 0.6 is 0 Å². The zero-order chi connectivity index (χ0) is 15.3. The van der Waals surface area contributed by atoms with E-state index in [0.29, 0.717) is 24.6 Å². The maximum Gasteiger partial charge on any atom is 0.390 e. The van der Waals surface area contributed by atoms with Gasteiger partial charge in [0.1, 0.15) is 0 Å². The molecule has 0 aliphatic carbocycles.